The predicted molar refractivity (Wildman–Crippen MR) is 390 cm³/mol. The van der Waals surface area contributed by atoms with Gasteiger partial charge in [0.15, 0.2) is 0 Å². The Bertz CT molecular complexity index is 5600. The maximum absolute atomic E-state index is 17.7. The number of hydrogen-bond donors (Lipinski definition) is 0. The third-order valence-corrected chi connectivity index (χ3v) is 20.5. The van der Waals surface area contributed by atoms with Crippen LogP contribution in [-0.4, -0.2) is 13.4 Å². The molecule has 0 bridgehead atoms. The van der Waals surface area contributed by atoms with Crippen LogP contribution in [0.1, 0.15) is 0 Å². The van der Waals surface area contributed by atoms with Crippen molar-refractivity contribution in [1.82, 2.24) is 0 Å². The van der Waals surface area contributed by atoms with Gasteiger partial charge < -0.3 is 24.5 Å². The highest BCUT2D eigenvalue weighted by atomic mass is 32.2. The molecule has 0 spiro atoms. The van der Waals surface area contributed by atoms with Crippen molar-refractivity contribution in [3.8, 4) is 22.3 Å². The van der Waals surface area contributed by atoms with Crippen molar-refractivity contribution < 1.29 is 35.1 Å². The summed E-state index contributed by atoms with van der Waals surface area (Å²) in [6.07, 6.45) is 0. The third kappa shape index (κ3) is 9.71. The third-order valence-electron chi connectivity index (χ3n) is 19.4. The van der Waals surface area contributed by atoms with Gasteiger partial charge in [-0.15, -0.1) is 0 Å². The van der Waals surface area contributed by atoms with E-state index in [2.05, 4.69) is 77.7 Å². The van der Waals surface area contributed by atoms with Crippen molar-refractivity contribution in [1.29, 1.82) is 0 Å². The van der Waals surface area contributed by atoms with E-state index in [1.807, 2.05) is 97.1 Å². The normalized spacial score (nSPS) is 12.9. The zero-order valence-electron chi connectivity index (χ0n) is 52.6. The average Bonchev–Trinajstić information content (AvgIpc) is 0.687. The Labute approximate surface area is 575 Å². The van der Waals surface area contributed by atoms with E-state index < -0.39 is 71.3 Å². The Hall–Kier alpha value is -12.0. The summed E-state index contributed by atoms with van der Waals surface area (Å²) in [6, 6.07) is 85.6. The fraction of sp³-hybridized carbons (Fsp3) is 0. The highest BCUT2D eigenvalue weighted by Crippen LogP contribution is 2.53. The number of fused-ring (bicyclic) bond motifs is 8. The van der Waals surface area contributed by atoms with Crippen LogP contribution in [0.3, 0.4) is 0 Å². The van der Waals surface area contributed by atoms with E-state index in [-0.39, 0.29) is 28.4 Å². The van der Waals surface area contributed by atoms with E-state index in [0.717, 1.165) is 85.8 Å². The smallest absolute Gasteiger partial charge is 0.252 e. The Morgan fingerprint density at radius 3 is 1.30 bits per heavy atom. The second kappa shape index (κ2) is 23.9. The van der Waals surface area contributed by atoms with E-state index in [0.29, 0.717) is 60.9 Å². The first-order chi connectivity index (χ1) is 48.9. The second-order valence-electron chi connectivity index (χ2n) is 25.0. The molecule has 14 aromatic carbocycles. The molecule has 16 heteroatoms. The molecule has 0 aromatic heterocycles. The zero-order valence-corrected chi connectivity index (χ0v) is 53.4. The number of anilines is 15. The van der Waals surface area contributed by atoms with Crippen LogP contribution in [0.4, 0.5) is 120 Å². The lowest BCUT2D eigenvalue weighted by atomic mass is 9.31. The van der Waals surface area contributed by atoms with Crippen LogP contribution >= 0.6 is 11.8 Å². The summed E-state index contributed by atoms with van der Waals surface area (Å²) < 4.78 is 135. The van der Waals surface area contributed by atoms with Crippen LogP contribution in [0.25, 0.3) is 22.3 Å². The maximum Gasteiger partial charge on any atom is 0.252 e. The van der Waals surface area contributed by atoms with E-state index in [4.69, 9.17) is 0 Å². The molecule has 0 fully saturated rings. The van der Waals surface area contributed by atoms with E-state index in [9.17, 15) is 0 Å². The number of rotatable bonds is 11. The maximum atomic E-state index is 17.7. The topological polar surface area (TPSA) is 16.2 Å². The molecule has 14 aromatic rings. The highest BCUT2D eigenvalue weighted by Gasteiger charge is 2.49. The molecule has 4 heterocycles. The molecule has 0 saturated heterocycles. The minimum atomic E-state index is -0.961. The molecule has 4 aliphatic rings. The molecule has 0 radical (unpaired) electrons. The fourth-order valence-corrected chi connectivity index (χ4v) is 16.4. The van der Waals surface area contributed by atoms with Crippen LogP contribution in [0.2, 0.25) is 0 Å². The van der Waals surface area contributed by atoms with Gasteiger partial charge in [0.2, 0.25) is 6.71 Å². The minimum Gasteiger partial charge on any atom is -0.310 e. The first-order valence-corrected chi connectivity index (χ1v) is 33.3. The molecule has 18 rings (SSSR count). The van der Waals surface area contributed by atoms with Crippen molar-refractivity contribution in [2.45, 2.75) is 9.79 Å². The van der Waals surface area contributed by atoms with E-state index in [1.54, 1.807) is 64.4 Å². The van der Waals surface area contributed by atoms with Gasteiger partial charge >= 0.3 is 0 Å². The second-order valence-corrected chi connectivity index (χ2v) is 26.0. The van der Waals surface area contributed by atoms with Crippen LogP contribution in [0.15, 0.2) is 307 Å². The Kier molecular flexibility index (Phi) is 14.5. The summed E-state index contributed by atoms with van der Waals surface area (Å²) >= 11 is 1.42. The van der Waals surface area contributed by atoms with Crippen LogP contribution in [-0.2, 0) is 0 Å². The van der Waals surface area contributed by atoms with Crippen molar-refractivity contribution in [2.75, 3.05) is 24.5 Å². The average molecular weight is 1330 g/mol. The van der Waals surface area contributed by atoms with Gasteiger partial charge in [0.1, 0.15) is 63.6 Å². The molecule has 0 N–H and O–H groups in total. The van der Waals surface area contributed by atoms with Gasteiger partial charge in [-0.25, -0.2) is 35.1 Å². The molecule has 478 valence electrons. The van der Waals surface area contributed by atoms with E-state index >= 15 is 35.1 Å². The highest BCUT2D eigenvalue weighted by molar-refractivity contribution is 8.00. The minimum absolute atomic E-state index is 0.115. The zero-order chi connectivity index (χ0) is 67.6. The summed E-state index contributed by atoms with van der Waals surface area (Å²) in [7, 11) is 0. The first kappa shape index (κ1) is 60.4. The van der Waals surface area contributed by atoms with Crippen molar-refractivity contribution in [3.05, 3.63) is 344 Å². The first-order valence-electron chi connectivity index (χ1n) is 32.5. The molecule has 5 nitrogen and oxygen atoms in total. The summed E-state index contributed by atoms with van der Waals surface area (Å²) in [5, 5.41) is 0. The van der Waals surface area contributed by atoms with Crippen LogP contribution < -0.4 is 57.3 Å². The lowest BCUT2D eigenvalue weighted by Gasteiger charge is -2.46. The molecular weight excluding hydrogens is 1280 g/mol. The lowest BCUT2D eigenvalue weighted by Crippen LogP contribution is -2.64. The quantitative estimate of drug-likeness (QED) is 0.0941. The fourth-order valence-electron chi connectivity index (χ4n) is 15.2. The molecule has 0 aliphatic carbocycles. The summed E-state index contributed by atoms with van der Waals surface area (Å²) in [4.78, 5) is 9.75. The number of hydrogen-bond acceptors (Lipinski definition) is 6. The molecule has 4 aliphatic heterocycles. The standard InChI is InChI=1S/C84H49B2F8N5S/c87-54-38-41-73(70(94)43-54)97-74-49-78-63(48-62(74)85-60-26-10-12-34-71(60)98(83-66(90)30-16-31-67(83)91)76-45-58(44-75(97)80(76)85)96(55-23-8-3-9-24-55)82-64(88)28-15-29-65(82)89)86-61-27-11-13-35-72(61)99(84-68(92)32-17-33-69(84)93)77-46-59(47-79(100-78)81(77)86)95(56-39-36-52(37-40-56)50-18-4-1-5-19-50)57-25-14-22-53(42-57)51-20-6-2-7-21-51/h1-49H. The number of halogens is 8. The van der Waals surface area contributed by atoms with Gasteiger partial charge in [-0.3, -0.25) is 0 Å². The van der Waals surface area contributed by atoms with Crippen molar-refractivity contribution >= 4 is 143 Å². The predicted octanol–water partition coefficient (Wildman–Crippen LogP) is 19.9. The molecule has 0 atom stereocenters. The number of para-hydroxylation sites is 6. The Balaban J connectivity index is 0.923. The summed E-state index contributed by atoms with van der Waals surface area (Å²) in [5.41, 5.74) is 11.4. The van der Waals surface area contributed by atoms with Gasteiger partial charge in [0, 0.05) is 72.7 Å². The lowest BCUT2D eigenvalue weighted by molar-refractivity contribution is 0.584. The van der Waals surface area contributed by atoms with Crippen molar-refractivity contribution in [2.24, 2.45) is 0 Å². The van der Waals surface area contributed by atoms with Gasteiger partial charge in [-0.2, -0.15) is 0 Å². The Morgan fingerprint density at radius 1 is 0.250 bits per heavy atom. The van der Waals surface area contributed by atoms with Crippen LogP contribution in [0, 0.1) is 46.5 Å². The molecule has 100 heavy (non-hydrogen) atoms. The summed E-state index contributed by atoms with van der Waals surface area (Å²) in [5.74, 6) is -7.07. The molecule has 0 saturated carbocycles. The van der Waals surface area contributed by atoms with Gasteiger partial charge in [-0.05, 0) is 177 Å². The SMILES string of the molecule is Fc1ccc(N2c3cc4c(cc3B3c5ccccc5N(c5c(F)cccc5F)c5cc(N(c6ccccc6)c6c(F)cccc6F)cc2c53)B2c3ccccc3N(c3c(F)cccc3F)c3cc(N(c5ccc(-c6ccccc6)cc5)c5cccc(-c6ccccc6)c5)cc(c32)S4)c(F)c1. The molecular formula is C84H49B2F8N5S. The van der Waals surface area contributed by atoms with Gasteiger partial charge in [0.05, 0.1) is 11.4 Å². The number of benzene rings is 14. The monoisotopic (exact) mass is 1330 g/mol. The van der Waals surface area contributed by atoms with Gasteiger partial charge in [-0.1, -0.05) is 181 Å². The molecule has 0 amide bonds. The van der Waals surface area contributed by atoms with Crippen molar-refractivity contribution in [3.63, 3.8) is 0 Å². The largest absolute Gasteiger partial charge is 0.310 e. The van der Waals surface area contributed by atoms with Gasteiger partial charge in [0.25, 0.3) is 6.71 Å². The number of nitrogens with zero attached hydrogens (tertiary/aromatic N) is 5. The van der Waals surface area contributed by atoms with E-state index in [1.165, 1.54) is 58.0 Å². The van der Waals surface area contributed by atoms with Crippen LogP contribution in [0.5, 0.6) is 0 Å². The Morgan fingerprint density at radius 2 is 0.710 bits per heavy atom. The summed E-state index contributed by atoms with van der Waals surface area (Å²) in [6.45, 7) is -1.48. The molecule has 0 unspecified atom stereocenters.